The number of nitrogens with zero attached hydrogens (tertiary/aromatic N) is 1. The van der Waals surface area contributed by atoms with Gasteiger partial charge in [0.2, 0.25) is 0 Å². The van der Waals surface area contributed by atoms with E-state index >= 15 is 0 Å². The van der Waals surface area contributed by atoms with E-state index in [2.05, 4.69) is 22.9 Å². The Bertz CT molecular complexity index is 553. The number of hydrogen-bond donors (Lipinski definition) is 0. The van der Waals surface area contributed by atoms with E-state index in [4.69, 9.17) is 9.57 Å². The van der Waals surface area contributed by atoms with Crippen molar-refractivity contribution in [2.45, 2.75) is 25.0 Å². The van der Waals surface area contributed by atoms with E-state index < -0.39 is 5.60 Å². The van der Waals surface area contributed by atoms with Crippen molar-refractivity contribution < 1.29 is 14.4 Å². The lowest BCUT2D eigenvalue weighted by molar-refractivity contribution is -0.328. The highest BCUT2D eigenvalue weighted by Gasteiger charge is 2.90. The van der Waals surface area contributed by atoms with Gasteiger partial charge in [0.05, 0.1) is 5.41 Å². The highest BCUT2D eigenvalue weighted by atomic mass is 79.9. The first-order chi connectivity index (χ1) is 7.63. The third kappa shape index (κ3) is 0.476. The number of hydroxylamine groups is 2. The second-order valence-electron chi connectivity index (χ2n) is 5.26. The Morgan fingerprint density at radius 1 is 1.62 bits per heavy atom. The molecule has 5 aliphatic heterocycles. The molecule has 2 aliphatic carbocycles. The van der Waals surface area contributed by atoms with E-state index in [9.17, 15) is 4.79 Å². The first-order valence-electron chi connectivity index (χ1n) is 5.46. The van der Waals surface area contributed by atoms with Crippen LogP contribution in [0.2, 0.25) is 0 Å². The Balaban J connectivity index is 1.82. The summed E-state index contributed by atoms with van der Waals surface area (Å²) in [6, 6.07) is 0.0741. The van der Waals surface area contributed by atoms with E-state index in [-0.39, 0.29) is 17.4 Å². The Kier molecular flexibility index (Phi) is 0.978. The molecule has 2 spiro atoms. The maximum atomic E-state index is 12.3. The number of carbonyl (C=O) groups is 1. The topological polar surface area (TPSA) is 38.8 Å². The molecule has 5 heterocycles. The molecule has 82 valence electrons. The SMILES string of the molecule is C[C@@H]1C[C@@]12C(=O)N1O[C@@]23C2=C(Br)C(=C[C@H]13)O2. The van der Waals surface area contributed by atoms with Crippen LogP contribution in [0.3, 0.4) is 0 Å². The van der Waals surface area contributed by atoms with Crippen LogP contribution in [-0.2, 0) is 14.4 Å². The zero-order chi connectivity index (χ0) is 10.9. The van der Waals surface area contributed by atoms with Gasteiger partial charge in [-0.25, -0.2) is 5.06 Å². The molecular weight excluding hydrogens is 274 g/mol. The number of amides is 1. The Morgan fingerprint density at radius 3 is 3.00 bits per heavy atom. The van der Waals surface area contributed by atoms with E-state index in [1.54, 1.807) is 0 Å². The van der Waals surface area contributed by atoms with E-state index in [0.29, 0.717) is 5.92 Å². The molecule has 3 saturated heterocycles. The van der Waals surface area contributed by atoms with Crippen LogP contribution in [0, 0.1) is 11.3 Å². The molecule has 1 amide bonds. The van der Waals surface area contributed by atoms with E-state index in [0.717, 1.165) is 22.4 Å². The smallest absolute Gasteiger partial charge is 0.256 e. The zero-order valence-corrected chi connectivity index (χ0v) is 10.1. The number of halogens is 1. The second-order valence-corrected chi connectivity index (χ2v) is 6.05. The largest absolute Gasteiger partial charge is 0.456 e. The molecule has 4 nitrogen and oxygen atoms in total. The molecule has 4 fully saturated rings. The molecule has 4 bridgehead atoms. The van der Waals surface area contributed by atoms with Gasteiger partial charge >= 0.3 is 0 Å². The van der Waals surface area contributed by atoms with Gasteiger partial charge in [0.25, 0.3) is 5.91 Å². The summed E-state index contributed by atoms with van der Waals surface area (Å²) < 4.78 is 6.59. The van der Waals surface area contributed by atoms with Crippen LogP contribution in [0.15, 0.2) is 22.1 Å². The summed E-state index contributed by atoms with van der Waals surface area (Å²) in [5.74, 6) is 2.22. The van der Waals surface area contributed by atoms with Crippen molar-refractivity contribution in [3.05, 3.63) is 22.1 Å². The minimum absolute atomic E-state index is 0.0741. The van der Waals surface area contributed by atoms with Gasteiger partial charge in [-0.15, -0.1) is 0 Å². The number of hydrogen-bond acceptors (Lipinski definition) is 3. The van der Waals surface area contributed by atoms with Gasteiger partial charge in [0, 0.05) is 0 Å². The summed E-state index contributed by atoms with van der Waals surface area (Å²) in [4.78, 5) is 18.0. The minimum Gasteiger partial charge on any atom is -0.456 e. The molecule has 0 unspecified atom stereocenters. The summed E-state index contributed by atoms with van der Waals surface area (Å²) in [5, 5.41) is 1.53. The molecule has 7 aliphatic rings. The third-order valence-electron chi connectivity index (χ3n) is 4.74. The predicted octanol–water partition coefficient (Wildman–Crippen LogP) is 1.44. The first-order valence-corrected chi connectivity index (χ1v) is 6.25. The van der Waals surface area contributed by atoms with Crippen molar-refractivity contribution >= 4 is 21.8 Å². The van der Waals surface area contributed by atoms with Gasteiger partial charge in [-0.1, -0.05) is 6.92 Å². The average molecular weight is 282 g/mol. The maximum Gasteiger partial charge on any atom is 0.256 e. The number of carbonyl (C=O) groups excluding carboxylic acids is 1. The Labute approximate surface area is 100.0 Å². The molecule has 0 radical (unpaired) electrons. The minimum atomic E-state index is -0.510. The molecule has 0 N–H and O–H groups in total. The van der Waals surface area contributed by atoms with Gasteiger partial charge in [-0.05, 0) is 34.3 Å². The highest BCUT2D eigenvalue weighted by molar-refractivity contribution is 9.12. The van der Waals surface area contributed by atoms with Crippen LogP contribution in [0.25, 0.3) is 0 Å². The van der Waals surface area contributed by atoms with Crippen molar-refractivity contribution in [2.24, 2.45) is 11.3 Å². The van der Waals surface area contributed by atoms with Gasteiger partial charge in [-0.2, -0.15) is 0 Å². The van der Waals surface area contributed by atoms with Crippen LogP contribution < -0.4 is 0 Å². The molecule has 0 aromatic rings. The molecular formula is C11H8BrNO3. The predicted molar refractivity (Wildman–Crippen MR) is 55.8 cm³/mol. The highest BCUT2D eigenvalue weighted by Crippen LogP contribution is 2.77. The van der Waals surface area contributed by atoms with Crippen LogP contribution in [0.5, 0.6) is 0 Å². The van der Waals surface area contributed by atoms with Gasteiger partial charge in [-0.3, -0.25) is 9.63 Å². The maximum absolute atomic E-state index is 12.3. The molecule has 0 aromatic heterocycles. The summed E-state index contributed by atoms with van der Waals surface area (Å²) in [5.41, 5.74) is -0.849. The quantitative estimate of drug-likeness (QED) is 0.675. The van der Waals surface area contributed by atoms with Crippen molar-refractivity contribution in [3.63, 3.8) is 0 Å². The van der Waals surface area contributed by atoms with Crippen LogP contribution in [-0.4, -0.2) is 22.6 Å². The van der Waals surface area contributed by atoms with Crippen LogP contribution in [0.4, 0.5) is 0 Å². The van der Waals surface area contributed by atoms with Crippen molar-refractivity contribution in [1.82, 2.24) is 5.06 Å². The lowest BCUT2D eigenvalue weighted by Gasteiger charge is -2.53. The van der Waals surface area contributed by atoms with Crippen molar-refractivity contribution in [1.29, 1.82) is 0 Å². The molecule has 5 heteroatoms. The van der Waals surface area contributed by atoms with E-state index in [1.165, 1.54) is 5.06 Å². The summed E-state index contributed by atoms with van der Waals surface area (Å²) in [7, 11) is 0. The number of ether oxygens (including phenoxy) is 1. The molecule has 1 saturated carbocycles. The Morgan fingerprint density at radius 2 is 2.38 bits per heavy atom. The molecule has 4 atom stereocenters. The van der Waals surface area contributed by atoms with Gasteiger partial charge < -0.3 is 4.74 Å². The zero-order valence-electron chi connectivity index (χ0n) is 8.49. The molecule has 7 rings (SSSR count). The van der Waals surface area contributed by atoms with Crippen LogP contribution in [0.1, 0.15) is 13.3 Å². The van der Waals surface area contributed by atoms with Gasteiger partial charge in [0.15, 0.2) is 11.4 Å². The van der Waals surface area contributed by atoms with Crippen molar-refractivity contribution in [2.75, 3.05) is 0 Å². The third-order valence-corrected chi connectivity index (χ3v) is 5.49. The standard InChI is InChI=1S/C11H8BrNO3/c1-4-3-10(4)9(14)13-6-2-5-7(12)8(15-5)11(6,10)16-13/h2,4,6H,3H2,1H3/t4-,6+,10+,11+/m1/s1. The fourth-order valence-electron chi connectivity index (χ4n) is 3.81. The number of rotatable bonds is 0. The summed E-state index contributed by atoms with van der Waals surface area (Å²) in [6.45, 7) is 2.11. The fraction of sp³-hybridized carbons (Fsp3) is 0.545. The van der Waals surface area contributed by atoms with Gasteiger partial charge in [0.1, 0.15) is 16.3 Å². The molecule has 0 aromatic carbocycles. The van der Waals surface area contributed by atoms with E-state index in [1.807, 2.05) is 6.08 Å². The first kappa shape index (κ1) is 8.31. The summed E-state index contributed by atoms with van der Waals surface area (Å²) >= 11 is 3.50. The van der Waals surface area contributed by atoms with Crippen LogP contribution >= 0.6 is 15.9 Å². The second kappa shape index (κ2) is 1.88. The normalized spacial score (nSPS) is 54.2. The lowest BCUT2D eigenvalue weighted by Crippen LogP contribution is -2.66. The Hall–Kier alpha value is -0.810. The lowest BCUT2D eigenvalue weighted by atomic mass is 9.74. The summed E-state index contributed by atoms with van der Waals surface area (Å²) in [6.07, 6.45) is 2.91. The molecule has 16 heavy (non-hydrogen) atoms. The number of allylic oxidation sites excluding steroid dienone is 1. The average Bonchev–Trinajstić information content (AvgIpc) is 2.79. The monoisotopic (exact) mass is 281 g/mol. The fourth-order valence-corrected chi connectivity index (χ4v) is 4.40. The van der Waals surface area contributed by atoms with Crippen molar-refractivity contribution in [3.8, 4) is 0 Å².